The maximum absolute atomic E-state index is 12.5. The topological polar surface area (TPSA) is 75.0 Å². The molecular formula is C24H17N3O2S2. The number of ether oxygens (including phenoxy) is 1. The van der Waals surface area contributed by atoms with Crippen LogP contribution in [0.5, 0.6) is 5.75 Å². The van der Waals surface area contributed by atoms with E-state index >= 15 is 0 Å². The van der Waals surface area contributed by atoms with Gasteiger partial charge in [0.15, 0.2) is 5.13 Å². The van der Waals surface area contributed by atoms with Gasteiger partial charge in [-0.15, -0.1) is 22.7 Å². The van der Waals surface area contributed by atoms with Gasteiger partial charge < -0.3 is 4.74 Å². The summed E-state index contributed by atoms with van der Waals surface area (Å²) in [5.41, 5.74) is 2.63. The van der Waals surface area contributed by atoms with E-state index in [0.29, 0.717) is 17.5 Å². The molecule has 0 aliphatic heterocycles. The zero-order valence-corrected chi connectivity index (χ0v) is 18.0. The molecular weight excluding hydrogens is 426 g/mol. The Hall–Kier alpha value is -3.73. The molecule has 0 bridgehead atoms. The molecule has 2 aromatic heterocycles. The summed E-state index contributed by atoms with van der Waals surface area (Å²) in [6, 6.07) is 23.0. The third-order valence-corrected chi connectivity index (χ3v) is 5.95. The molecule has 0 saturated carbocycles. The number of carbonyl (C=O) groups excluding carboxylic acids is 1. The second-order valence-electron chi connectivity index (χ2n) is 6.48. The number of benzene rings is 2. The van der Waals surface area contributed by atoms with Crippen molar-refractivity contribution in [3.05, 3.63) is 94.2 Å². The highest BCUT2D eigenvalue weighted by Crippen LogP contribution is 2.28. The van der Waals surface area contributed by atoms with E-state index in [0.717, 1.165) is 21.7 Å². The molecule has 0 saturated heterocycles. The maximum atomic E-state index is 12.5. The lowest BCUT2D eigenvalue weighted by atomic mass is 10.1. The minimum absolute atomic E-state index is 0.00540. The van der Waals surface area contributed by atoms with Gasteiger partial charge in [0.25, 0.3) is 5.91 Å². The van der Waals surface area contributed by atoms with Gasteiger partial charge in [-0.25, -0.2) is 4.98 Å². The van der Waals surface area contributed by atoms with Crippen LogP contribution in [0.4, 0.5) is 5.13 Å². The summed E-state index contributed by atoms with van der Waals surface area (Å²) in [4.78, 5) is 18.0. The molecule has 0 aliphatic carbocycles. The Balaban J connectivity index is 1.39. The molecule has 0 aliphatic rings. The van der Waals surface area contributed by atoms with Gasteiger partial charge >= 0.3 is 0 Å². The molecule has 1 N–H and O–H groups in total. The number of hydrogen-bond donors (Lipinski definition) is 1. The van der Waals surface area contributed by atoms with Gasteiger partial charge in [0.05, 0.1) is 10.6 Å². The molecule has 2 aromatic carbocycles. The maximum Gasteiger partial charge on any atom is 0.268 e. The number of anilines is 1. The molecule has 7 heteroatoms. The zero-order chi connectivity index (χ0) is 21.5. The van der Waals surface area contributed by atoms with Crippen LogP contribution in [-0.2, 0) is 11.4 Å². The fourth-order valence-electron chi connectivity index (χ4n) is 2.75. The predicted molar refractivity (Wildman–Crippen MR) is 125 cm³/mol. The van der Waals surface area contributed by atoms with Crippen molar-refractivity contribution in [2.75, 3.05) is 5.32 Å². The molecule has 4 rings (SSSR count). The molecule has 0 unspecified atom stereocenters. The monoisotopic (exact) mass is 443 g/mol. The molecule has 152 valence electrons. The first kappa shape index (κ1) is 20.5. The van der Waals surface area contributed by atoms with E-state index < -0.39 is 5.91 Å². The van der Waals surface area contributed by atoms with Crippen molar-refractivity contribution >= 4 is 39.8 Å². The molecule has 0 atom stereocenters. The van der Waals surface area contributed by atoms with Crippen LogP contribution in [0, 0.1) is 11.3 Å². The summed E-state index contributed by atoms with van der Waals surface area (Å²) in [6.07, 6.45) is 1.55. The number of nitriles is 1. The highest BCUT2D eigenvalue weighted by molar-refractivity contribution is 7.16. The summed E-state index contributed by atoms with van der Waals surface area (Å²) in [6.45, 7) is 0.475. The summed E-state index contributed by atoms with van der Waals surface area (Å²) >= 11 is 2.91. The average Bonchev–Trinajstić information content (AvgIpc) is 3.49. The molecule has 1 amide bonds. The Labute approximate surface area is 187 Å². The average molecular weight is 444 g/mol. The van der Waals surface area contributed by atoms with Gasteiger partial charge in [0.1, 0.15) is 24.0 Å². The van der Waals surface area contributed by atoms with Crippen molar-refractivity contribution in [1.29, 1.82) is 5.26 Å². The molecule has 0 radical (unpaired) electrons. The molecule has 4 aromatic rings. The Morgan fingerprint density at radius 2 is 1.87 bits per heavy atom. The number of hydrogen-bond acceptors (Lipinski definition) is 6. The van der Waals surface area contributed by atoms with Gasteiger partial charge in [-0.05, 0) is 40.8 Å². The van der Waals surface area contributed by atoms with Gasteiger partial charge in [0.2, 0.25) is 0 Å². The van der Waals surface area contributed by atoms with Crippen LogP contribution in [0.1, 0.15) is 11.1 Å². The van der Waals surface area contributed by atoms with Crippen molar-refractivity contribution in [1.82, 2.24) is 4.98 Å². The predicted octanol–water partition coefficient (Wildman–Crippen LogP) is 6.00. The smallest absolute Gasteiger partial charge is 0.268 e. The Bertz CT molecular complexity index is 1220. The SMILES string of the molecule is N#CC(=Cc1ccc(OCc2ccccc2)cc1)C(=O)Nc1nc(-c2cccs2)cs1. The van der Waals surface area contributed by atoms with Crippen LogP contribution in [0.3, 0.4) is 0 Å². The first-order chi connectivity index (χ1) is 15.2. The lowest BCUT2D eigenvalue weighted by Crippen LogP contribution is -2.13. The quantitative estimate of drug-likeness (QED) is 0.281. The number of nitrogens with one attached hydrogen (secondary N) is 1. The minimum Gasteiger partial charge on any atom is -0.489 e. The lowest BCUT2D eigenvalue weighted by molar-refractivity contribution is -0.112. The van der Waals surface area contributed by atoms with E-state index in [4.69, 9.17) is 4.74 Å². The largest absolute Gasteiger partial charge is 0.489 e. The molecule has 0 spiro atoms. The van der Waals surface area contributed by atoms with Crippen LogP contribution >= 0.6 is 22.7 Å². The summed E-state index contributed by atoms with van der Waals surface area (Å²) in [5, 5.41) is 16.5. The number of carbonyl (C=O) groups is 1. The van der Waals surface area contributed by atoms with Crippen LogP contribution in [0.2, 0.25) is 0 Å². The Morgan fingerprint density at radius 3 is 2.58 bits per heavy atom. The standard InChI is InChI=1S/C24H17N3O2S2/c25-14-19(23(28)27-24-26-21(16-31-24)22-7-4-12-30-22)13-17-8-10-20(11-9-17)29-15-18-5-2-1-3-6-18/h1-13,16H,15H2,(H,26,27,28). The van der Waals surface area contributed by atoms with Crippen LogP contribution in [0.25, 0.3) is 16.6 Å². The highest BCUT2D eigenvalue weighted by Gasteiger charge is 2.13. The summed E-state index contributed by atoms with van der Waals surface area (Å²) < 4.78 is 5.77. The second kappa shape index (κ2) is 9.85. The zero-order valence-electron chi connectivity index (χ0n) is 16.3. The third kappa shape index (κ3) is 5.45. The normalized spacial score (nSPS) is 11.0. The van der Waals surface area contributed by atoms with Gasteiger partial charge in [-0.3, -0.25) is 10.1 Å². The third-order valence-electron chi connectivity index (χ3n) is 4.30. The van der Waals surface area contributed by atoms with Crippen molar-refractivity contribution in [2.45, 2.75) is 6.61 Å². The first-order valence-corrected chi connectivity index (χ1v) is 11.2. The summed E-state index contributed by atoms with van der Waals surface area (Å²) in [5.74, 6) is 0.229. The van der Waals surface area contributed by atoms with Crippen molar-refractivity contribution < 1.29 is 9.53 Å². The fraction of sp³-hybridized carbons (Fsp3) is 0.0417. The number of thiophene rings is 1. The van der Waals surface area contributed by atoms with Gasteiger partial charge in [-0.1, -0.05) is 48.5 Å². The van der Waals surface area contributed by atoms with E-state index in [1.165, 1.54) is 11.3 Å². The Morgan fingerprint density at radius 1 is 1.06 bits per heavy atom. The van der Waals surface area contributed by atoms with Gasteiger partial charge in [-0.2, -0.15) is 5.26 Å². The minimum atomic E-state index is -0.487. The van der Waals surface area contributed by atoms with Gasteiger partial charge in [0, 0.05) is 5.38 Å². The lowest BCUT2D eigenvalue weighted by Gasteiger charge is -2.06. The highest BCUT2D eigenvalue weighted by atomic mass is 32.1. The first-order valence-electron chi connectivity index (χ1n) is 9.40. The van der Waals surface area contributed by atoms with Crippen LogP contribution in [0.15, 0.2) is 83.1 Å². The number of nitrogens with zero attached hydrogens (tertiary/aromatic N) is 2. The molecule has 0 fully saturated rings. The molecule has 31 heavy (non-hydrogen) atoms. The number of amides is 1. The van der Waals surface area contributed by atoms with Crippen LogP contribution < -0.4 is 10.1 Å². The van der Waals surface area contributed by atoms with E-state index in [-0.39, 0.29) is 5.57 Å². The van der Waals surface area contributed by atoms with Crippen molar-refractivity contribution in [3.63, 3.8) is 0 Å². The summed E-state index contributed by atoms with van der Waals surface area (Å²) in [7, 11) is 0. The van der Waals surface area contributed by atoms with E-state index in [9.17, 15) is 10.1 Å². The Kier molecular flexibility index (Phi) is 6.53. The molecule has 2 heterocycles. The number of aromatic nitrogens is 1. The van der Waals surface area contributed by atoms with E-state index in [1.54, 1.807) is 17.4 Å². The number of thiazole rings is 1. The van der Waals surface area contributed by atoms with Crippen molar-refractivity contribution in [3.8, 4) is 22.4 Å². The van der Waals surface area contributed by atoms with E-state index in [1.807, 2.05) is 83.6 Å². The number of rotatable bonds is 7. The van der Waals surface area contributed by atoms with E-state index in [2.05, 4.69) is 10.3 Å². The fourth-order valence-corrected chi connectivity index (χ4v) is 4.22. The molecule has 5 nitrogen and oxygen atoms in total. The van der Waals surface area contributed by atoms with Crippen molar-refractivity contribution in [2.24, 2.45) is 0 Å². The second-order valence-corrected chi connectivity index (χ2v) is 8.29. The van der Waals surface area contributed by atoms with Crippen LogP contribution in [-0.4, -0.2) is 10.9 Å².